The summed E-state index contributed by atoms with van der Waals surface area (Å²) in [6.07, 6.45) is 0. The fourth-order valence-electron chi connectivity index (χ4n) is 3.18. The molecule has 0 bridgehead atoms. The first-order valence-electron chi connectivity index (χ1n) is 9.63. The molecule has 0 unspecified atom stereocenters. The molecule has 0 aliphatic heterocycles. The SMILES string of the molecule is Cc1ccc(CN(C)C(=O)CSc2nc3ccccc3c(=O)n2-c2ccccc2F)o1. The number of nitrogens with zero attached hydrogens (tertiary/aromatic N) is 3. The van der Waals surface area contributed by atoms with Gasteiger partial charge in [0, 0.05) is 7.05 Å². The second-order valence-corrected chi connectivity index (χ2v) is 8.00. The number of amides is 1. The summed E-state index contributed by atoms with van der Waals surface area (Å²) in [7, 11) is 1.68. The first kappa shape index (κ1) is 20.9. The molecule has 8 heteroatoms. The van der Waals surface area contributed by atoms with Gasteiger partial charge in [-0.1, -0.05) is 36.0 Å². The average molecular weight is 437 g/mol. The smallest absolute Gasteiger partial charge is 0.266 e. The van der Waals surface area contributed by atoms with Crippen molar-refractivity contribution in [2.45, 2.75) is 18.6 Å². The van der Waals surface area contributed by atoms with E-state index in [2.05, 4.69) is 4.98 Å². The van der Waals surface area contributed by atoms with Crippen molar-refractivity contribution in [3.63, 3.8) is 0 Å². The maximum atomic E-state index is 14.5. The van der Waals surface area contributed by atoms with Crippen LogP contribution >= 0.6 is 11.8 Å². The summed E-state index contributed by atoms with van der Waals surface area (Å²) in [5.74, 6) is 0.793. The van der Waals surface area contributed by atoms with Gasteiger partial charge in [-0.2, -0.15) is 0 Å². The van der Waals surface area contributed by atoms with Crippen LogP contribution in [0.3, 0.4) is 0 Å². The van der Waals surface area contributed by atoms with Gasteiger partial charge in [0.05, 0.1) is 28.9 Å². The standard InChI is InChI=1S/C23H20FN3O3S/c1-15-11-12-16(30-15)13-26(2)21(28)14-31-23-25-19-9-5-3-7-17(19)22(29)27(23)20-10-6-4-8-18(20)24/h3-12H,13-14H2,1-2H3. The molecule has 0 radical (unpaired) electrons. The van der Waals surface area contributed by atoms with E-state index in [9.17, 15) is 14.0 Å². The Bertz CT molecular complexity index is 1310. The number of furan rings is 1. The molecule has 0 aliphatic carbocycles. The Morgan fingerprint density at radius 1 is 1.13 bits per heavy atom. The van der Waals surface area contributed by atoms with E-state index < -0.39 is 5.82 Å². The highest BCUT2D eigenvalue weighted by Crippen LogP contribution is 2.23. The fraction of sp³-hybridized carbons (Fsp3) is 0.174. The zero-order valence-corrected chi connectivity index (χ0v) is 17.9. The molecule has 0 N–H and O–H groups in total. The maximum absolute atomic E-state index is 14.5. The Balaban J connectivity index is 1.65. The summed E-state index contributed by atoms with van der Waals surface area (Å²) in [5.41, 5.74) is 0.208. The Kier molecular flexibility index (Phi) is 5.90. The number of hydrogen-bond donors (Lipinski definition) is 0. The lowest BCUT2D eigenvalue weighted by Crippen LogP contribution is -2.28. The minimum absolute atomic E-state index is 0.0371. The lowest BCUT2D eigenvalue weighted by Gasteiger charge is -2.17. The van der Waals surface area contributed by atoms with Crippen molar-refractivity contribution >= 4 is 28.6 Å². The lowest BCUT2D eigenvalue weighted by atomic mass is 10.2. The van der Waals surface area contributed by atoms with Gasteiger partial charge in [-0.05, 0) is 43.3 Å². The molecule has 6 nitrogen and oxygen atoms in total. The molecule has 0 fully saturated rings. The van der Waals surface area contributed by atoms with Crippen LogP contribution in [0.5, 0.6) is 0 Å². The van der Waals surface area contributed by atoms with E-state index in [1.165, 1.54) is 21.6 Å². The number of hydrogen-bond acceptors (Lipinski definition) is 5. The van der Waals surface area contributed by atoms with Crippen molar-refractivity contribution in [2.24, 2.45) is 0 Å². The van der Waals surface area contributed by atoms with E-state index >= 15 is 0 Å². The summed E-state index contributed by atoms with van der Waals surface area (Å²) >= 11 is 1.10. The van der Waals surface area contributed by atoms with E-state index in [0.717, 1.165) is 17.5 Å². The van der Waals surface area contributed by atoms with Crippen LogP contribution in [0, 0.1) is 12.7 Å². The number of aromatic nitrogens is 2. The third-order valence-electron chi connectivity index (χ3n) is 4.78. The number of carbonyl (C=O) groups excluding carboxylic acids is 1. The normalized spacial score (nSPS) is 11.1. The molecule has 2 aromatic carbocycles. The van der Waals surface area contributed by atoms with E-state index in [1.54, 1.807) is 43.4 Å². The van der Waals surface area contributed by atoms with Crippen LogP contribution in [0.4, 0.5) is 4.39 Å². The molecule has 0 saturated heterocycles. The molecule has 2 heterocycles. The van der Waals surface area contributed by atoms with Gasteiger partial charge in [-0.25, -0.2) is 9.37 Å². The first-order chi connectivity index (χ1) is 14.9. The second kappa shape index (κ2) is 8.77. The third-order valence-corrected chi connectivity index (χ3v) is 5.70. The number of thioether (sulfide) groups is 1. The van der Waals surface area contributed by atoms with Gasteiger partial charge in [-0.3, -0.25) is 14.2 Å². The molecule has 0 atom stereocenters. The summed E-state index contributed by atoms with van der Waals surface area (Å²) in [5, 5.41) is 0.635. The Morgan fingerprint density at radius 2 is 1.87 bits per heavy atom. The van der Waals surface area contributed by atoms with Crippen molar-refractivity contribution in [1.29, 1.82) is 0 Å². The van der Waals surface area contributed by atoms with Gasteiger partial charge in [-0.15, -0.1) is 0 Å². The Morgan fingerprint density at radius 3 is 2.61 bits per heavy atom. The lowest BCUT2D eigenvalue weighted by molar-refractivity contribution is -0.127. The molecule has 0 aliphatic rings. The second-order valence-electron chi connectivity index (χ2n) is 7.05. The van der Waals surface area contributed by atoms with E-state index in [0.29, 0.717) is 23.2 Å². The molecule has 2 aromatic heterocycles. The number of aryl methyl sites for hydroxylation is 1. The largest absolute Gasteiger partial charge is 0.464 e. The van der Waals surface area contributed by atoms with E-state index in [-0.39, 0.29) is 28.1 Å². The predicted octanol–water partition coefficient (Wildman–Crippen LogP) is 4.18. The van der Waals surface area contributed by atoms with Gasteiger partial charge in [0.15, 0.2) is 5.16 Å². The summed E-state index contributed by atoms with van der Waals surface area (Å²) in [4.78, 5) is 31.9. The summed E-state index contributed by atoms with van der Waals surface area (Å²) in [6, 6.07) is 16.6. The molecule has 158 valence electrons. The molecule has 4 rings (SSSR count). The van der Waals surface area contributed by atoms with Crippen molar-refractivity contribution in [1.82, 2.24) is 14.5 Å². The molecule has 0 saturated carbocycles. The number of halogens is 1. The molecule has 31 heavy (non-hydrogen) atoms. The van der Waals surface area contributed by atoms with Crippen molar-refractivity contribution in [2.75, 3.05) is 12.8 Å². The number of rotatable bonds is 6. The summed E-state index contributed by atoms with van der Waals surface area (Å²) < 4.78 is 21.3. The van der Waals surface area contributed by atoms with Gasteiger partial charge in [0.1, 0.15) is 17.3 Å². The minimum Gasteiger partial charge on any atom is -0.464 e. The quantitative estimate of drug-likeness (QED) is 0.334. The van der Waals surface area contributed by atoms with Crippen LogP contribution in [0.1, 0.15) is 11.5 Å². The molecular weight excluding hydrogens is 417 g/mol. The summed E-state index contributed by atoms with van der Waals surface area (Å²) in [6.45, 7) is 2.17. The first-order valence-corrected chi connectivity index (χ1v) is 10.6. The number of carbonyl (C=O) groups is 1. The molecule has 4 aromatic rings. The maximum Gasteiger partial charge on any atom is 0.266 e. The third kappa shape index (κ3) is 4.39. The van der Waals surface area contributed by atoms with Crippen LogP contribution in [-0.4, -0.2) is 33.2 Å². The van der Waals surface area contributed by atoms with Gasteiger partial charge < -0.3 is 9.32 Å². The van der Waals surface area contributed by atoms with Crippen LogP contribution in [0.15, 0.2) is 75.0 Å². The van der Waals surface area contributed by atoms with Crippen LogP contribution in [0.2, 0.25) is 0 Å². The molecular formula is C23H20FN3O3S. The van der Waals surface area contributed by atoms with E-state index in [1.807, 2.05) is 19.1 Å². The Hall–Kier alpha value is -3.39. The highest BCUT2D eigenvalue weighted by atomic mass is 32.2. The van der Waals surface area contributed by atoms with Crippen molar-refractivity contribution < 1.29 is 13.6 Å². The minimum atomic E-state index is -0.542. The van der Waals surface area contributed by atoms with Crippen LogP contribution in [-0.2, 0) is 11.3 Å². The molecule has 0 spiro atoms. The topological polar surface area (TPSA) is 68.3 Å². The van der Waals surface area contributed by atoms with Crippen molar-refractivity contribution in [3.8, 4) is 5.69 Å². The van der Waals surface area contributed by atoms with E-state index in [4.69, 9.17) is 4.42 Å². The zero-order chi connectivity index (χ0) is 22.0. The number of benzene rings is 2. The predicted molar refractivity (Wildman–Crippen MR) is 118 cm³/mol. The highest BCUT2D eigenvalue weighted by Gasteiger charge is 2.18. The monoisotopic (exact) mass is 437 g/mol. The zero-order valence-electron chi connectivity index (χ0n) is 17.0. The van der Waals surface area contributed by atoms with Gasteiger partial charge in [0.25, 0.3) is 5.56 Å². The molecule has 1 amide bonds. The van der Waals surface area contributed by atoms with Crippen LogP contribution in [0.25, 0.3) is 16.6 Å². The Labute approximate surface area is 182 Å². The van der Waals surface area contributed by atoms with Crippen molar-refractivity contribution in [3.05, 3.63) is 88.4 Å². The number of fused-ring (bicyclic) bond motifs is 1. The van der Waals surface area contributed by atoms with Gasteiger partial charge in [0.2, 0.25) is 5.91 Å². The fourth-order valence-corrected chi connectivity index (χ4v) is 4.13. The van der Waals surface area contributed by atoms with Gasteiger partial charge >= 0.3 is 0 Å². The average Bonchev–Trinajstić information content (AvgIpc) is 3.17. The highest BCUT2D eigenvalue weighted by molar-refractivity contribution is 7.99. The number of para-hydroxylation sites is 2. The van der Waals surface area contributed by atoms with Crippen LogP contribution < -0.4 is 5.56 Å².